The van der Waals surface area contributed by atoms with Crippen molar-refractivity contribution < 1.29 is 9.84 Å². The molecular weight excluding hydrogens is 260 g/mol. The predicted octanol–water partition coefficient (Wildman–Crippen LogP) is 1.05. The monoisotopic (exact) mass is 282 g/mol. The molecule has 106 valence electrons. The first kappa shape index (κ1) is 14.7. The molecule has 2 N–H and O–H groups in total. The molecule has 19 heavy (non-hydrogen) atoms. The van der Waals surface area contributed by atoms with Crippen LogP contribution in [0, 0.1) is 0 Å². The number of nitrogens with zero attached hydrogens (tertiary/aromatic N) is 1. The summed E-state index contributed by atoms with van der Waals surface area (Å²) in [5.74, 6) is 1.60. The first-order valence-electron chi connectivity index (χ1n) is 6.66. The van der Waals surface area contributed by atoms with Gasteiger partial charge in [-0.3, -0.25) is 4.90 Å². The van der Waals surface area contributed by atoms with Gasteiger partial charge in [0.25, 0.3) is 0 Å². The summed E-state index contributed by atoms with van der Waals surface area (Å²) < 4.78 is 5.12. The van der Waals surface area contributed by atoms with Crippen molar-refractivity contribution in [1.82, 2.24) is 10.2 Å². The standard InChI is InChI=1S/C14H22N2O2S/c1-18-13-2-4-14(5-3-13)19-11-12(17)10-16-8-6-15-7-9-16/h2-5,12,15,17H,6-11H2,1H3. The number of nitrogens with one attached hydrogen (secondary N) is 1. The summed E-state index contributed by atoms with van der Waals surface area (Å²) in [6.45, 7) is 4.88. The van der Waals surface area contributed by atoms with Crippen molar-refractivity contribution >= 4 is 11.8 Å². The average Bonchev–Trinajstić information content (AvgIpc) is 2.47. The highest BCUT2D eigenvalue weighted by molar-refractivity contribution is 7.99. The third-order valence-electron chi connectivity index (χ3n) is 3.18. The van der Waals surface area contributed by atoms with Gasteiger partial charge in [0.1, 0.15) is 5.75 Å². The zero-order chi connectivity index (χ0) is 13.5. The summed E-state index contributed by atoms with van der Waals surface area (Å²) >= 11 is 1.69. The molecule has 1 aliphatic heterocycles. The van der Waals surface area contributed by atoms with Gasteiger partial charge in [0.2, 0.25) is 0 Å². The molecule has 2 rings (SSSR count). The second-order valence-corrected chi connectivity index (χ2v) is 5.78. The molecule has 0 radical (unpaired) electrons. The molecule has 1 atom stereocenters. The lowest BCUT2D eigenvalue weighted by atomic mass is 10.3. The van der Waals surface area contributed by atoms with E-state index in [0.29, 0.717) is 0 Å². The summed E-state index contributed by atoms with van der Waals surface area (Å²) in [4.78, 5) is 3.48. The van der Waals surface area contributed by atoms with Crippen LogP contribution in [0.5, 0.6) is 5.75 Å². The smallest absolute Gasteiger partial charge is 0.118 e. The van der Waals surface area contributed by atoms with Crippen molar-refractivity contribution in [2.75, 3.05) is 45.6 Å². The number of methoxy groups -OCH3 is 1. The highest BCUT2D eigenvalue weighted by Crippen LogP contribution is 2.22. The number of hydrogen-bond donors (Lipinski definition) is 2. The summed E-state index contributed by atoms with van der Waals surface area (Å²) in [5.41, 5.74) is 0. The zero-order valence-corrected chi connectivity index (χ0v) is 12.2. The number of benzene rings is 1. The minimum absolute atomic E-state index is 0.273. The lowest BCUT2D eigenvalue weighted by Crippen LogP contribution is -2.46. The fourth-order valence-electron chi connectivity index (χ4n) is 2.11. The van der Waals surface area contributed by atoms with Crippen LogP contribution in [0.1, 0.15) is 0 Å². The van der Waals surface area contributed by atoms with Crippen molar-refractivity contribution in [3.05, 3.63) is 24.3 Å². The molecular formula is C14H22N2O2S. The molecule has 5 heteroatoms. The SMILES string of the molecule is COc1ccc(SCC(O)CN2CCNCC2)cc1. The largest absolute Gasteiger partial charge is 0.497 e. The van der Waals surface area contributed by atoms with Gasteiger partial charge in [-0.1, -0.05) is 0 Å². The molecule has 1 heterocycles. The third-order valence-corrected chi connectivity index (χ3v) is 4.34. The fourth-order valence-corrected chi connectivity index (χ4v) is 2.93. The lowest BCUT2D eigenvalue weighted by molar-refractivity contribution is 0.121. The summed E-state index contributed by atoms with van der Waals surface area (Å²) in [6, 6.07) is 7.96. The topological polar surface area (TPSA) is 44.7 Å². The number of β-amino-alcohol motifs (C(OH)–C–C–N with tert-alkyl or cyclic N) is 1. The Labute approximate surface area is 119 Å². The van der Waals surface area contributed by atoms with Gasteiger partial charge in [0.05, 0.1) is 13.2 Å². The summed E-state index contributed by atoms with van der Waals surface area (Å²) in [6.07, 6.45) is -0.273. The van der Waals surface area contributed by atoms with Crippen molar-refractivity contribution in [3.8, 4) is 5.75 Å². The molecule has 0 saturated carbocycles. The Balaban J connectivity index is 1.71. The molecule has 0 spiro atoms. The number of rotatable bonds is 6. The molecule has 0 aliphatic carbocycles. The molecule has 0 bridgehead atoms. The van der Waals surface area contributed by atoms with Crippen LogP contribution in [0.4, 0.5) is 0 Å². The molecule has 4 nitrogen and oxygen atoms in total. The number of hydrogen-bond acceptors (Lipinski definition) is 5. The quantitative estimate of drug-likeness (QED) is 0.764. The van der Waals surface area contributed by atoms with Crippen LogP contribution in [-0.2, 0) is 0 Å². The van der Waals surface area contributed by atoms with Gasteiger partial charge in [-0.25, -0.2) is 0 Å². The fraction of sp³-hybridized carbons (Fsp3) is 0.571. The van der Waals surface area contributed by atoms with Gasteiger partial charge in [0, 0.05) is 43.4 Å². The van der Waals surface area contributed by atoms with Crippen LogP contribution in [0.25, 0.3) is 0 Å². The number of piperazine rings is 1. The predicted molar refractivity (Wildman–Crippen MR) is 79.0 cm³/mol. The van der Waals surface area contributed by atoms with E-state index in [2.05, 4.69) is 10.2 Å². The summed E-state index contributed by atoms with van der Waals surface area (Å²) in [7, 11) is 1.67. The van der Waals surface area contributed by atoms with Crippen molar-refractivity contribution in [3.63, 3.8) is 0 Å². The third kappa shape index (κ3) is 5.03. The Bertz CT molecular complexity index is 366. The van der Waals surface area contributed by atoms with E-state index >= 15 is 0 Å². The van der Waals surface area contributed by atoms with E-state index in [1.54, 1.807) is 18.9 Å². The molecule has 1 fully saturated rings. The summed E-state index contributed by atoms with van der Waals surface area (Å²) in [5, 5.41) is 13.4. The number of thioether (sulfide) groups is 1. The van der Waals surface area contributed by atoms with E-state index in [-0.39, 0.29) is 6.10 Å². The highest BCUT2D eigenvalue weighted by Gasteiger charge is 2.14. The van der Waals surface area contributed by atoms with E-state index < -0.39 is 0 Å². The van der Waals surface area contributed by atoms with Crippen molar-refractivity contribution in [1.29, 1.82) is 0 Å². The number of aliphatic hydroxyl groups excluding tert-OH is 1. The molecule has 1 unspecified atom stereocenters. The van der Waals surface area contributed by atoms with Crippen molar-refractivity contribution in [2.24, 2.45) is 0 Å². The van der Waals surface area contributed by atoms with E-state index in [1.807, 2.05) is 24.3 Å². The maximum Gasteiger partial charge on any atom is 0.118 e. The van der Waals surface area contributed by atoms with Crippen LogP contribution in [0.3, 0.4) is 0 Å². The van der Waals surface area contributed by atoms with Crippen molar-refractivity contribution in [2.45, 2.75) is 11.0 Å². The molecule has 1 saturated heterocycles. The Morgan fingerprint density at radius 3 is 2.63 bits per heavy atom. The van der Waals surface area contributed by atoms with E-state index in [9.17, 15) is 5.11 Å². The Hall–Kier alpha value is -0.750. The number of aliphatic hydroxyl groups is 1. The maximum atomic E-state index is 10.1. The second-order valence-electron chi connectivity index (χ2n) is 4.69. The van der Waals surface area contributed by atoms with Gasteiger partial charge in [-0.05, 0) is 24.3 Å². The van der Waals surface area contributed by atoms with E-state index in [1.165, 1.54) is 4.90 Å². The van der Waals surface area contributed by atoms with Gasteiger partial charge < -0.3 is 15.2 Å². The van der Waals surface area contributed by atoms with Gasteiger partial charge >= 0.3 is 0 Å². The van der Waals surface area contributed by atoms with Crippen LogP contribution in [-0.4, -0.2) is 61.7 Å². The molecule has 1 aromatic rings. The minimum atomic E-state index is -0.273. The zero-order valence-electron chi connectivity index (χ0n) is 11.3. The van der Waals surface area contributed by atoms with Crippen LogP contribution >= 0.6 is 11.8 Å². The van der Waals surface area contributed by atoms with Gasteiger partial charge in [-0.2, -0.15) is 0 Å². The maximum absolute atomic E-state index is 10.1. The van der Waals surface area contributed by atoms with E-state index in [0.717, 1.165) is 44.2 Å². The van der Waals surface area contributed by atoms with Gasteiger partial charge in [-0.15, -0.1) is 11.8 Å². The first-order valence-corrected chi connectivity index (χ1v) is 7.64. The normalized spacial score (nSPS) is 18.2. The van der Waals surface area contributed by atoms with Crippen LogP contribution in [0.2, 0.25) is 0 Å². The molecule has 0 aromatic heterocycles. The Morgan fingerprint density at radius 1 is 1.32 bits per heavy atom. The van der Waals surface area contributed by atoms with E-state index in [4.69, 9.17) is 4.74 Å². The minimum Gasteiger partial charge on any atom is -0.497 e. The van der Waals surface area contributed by atoms with Gasteiger partial charge in [0.15, 0.2) is 0 Å². The molecule has 0 amide bonds. The lowest BCUT2D eigenvalue weighted by Gasteiger charge is -2.28. The first-order chi connectivity index (χ1) is 9.28. The average molecular weight is 282 g/mol. The second kappa shape index (κ2) is 7.75. The molecule has 1 aromatic carbocycles. The van der Waals surface area contributed by atoms with Crippen LogP contribution < -0.4 is 10.1 Å². The van der Waals surface area contributed by atoms with Crippen LogP contribution in [0.15, 0.2) is 29.2 Å². The number of ether oxygens (including phenoxy) is 1. The Kier molecular flexibility index (Phi) is 5.97. The highest BCUT2D eigenvalue weighted by atomic mass is 32.2. The Morgan fingerprint density at radius 2 is 2.00 bits per heavy atom. The molecule has 1 aliphatic rings.